The zero-order chi connectivity index (χ0) is 17.3. The Labute approximate surface area is 150 Å². The second-order valence-corrected chi connectivity index (χ2v) is 7.29. The molecule has 0 N–H and O–H groups in total. The van der Waals surface area contributed by atoms with Gasteiger partial charge in [-0.3, -0.25) is 0 Å². The molecular formula is C24H24O. The van der Waals surface area contributed by atoms with Crippen LogP contribution in [0.4, 0.5) is 0 Å². The van der Waals surface area contributed by atoms with Crippen LogP contribution >= 0.6 is 0 Å². The smallest absolute Gasteiger partial charge is 0.118 e. The lowest BCUT2D eigenvalue weighted by Gasteiger charge is -2.40. The van der Waals surface area contributed by atoms with E-state index in [1.807, 2.05) is 0 Å². The van der Waals surface area contributed by atoms with Gasteiger partial charge in [-0.15, -0.1) is 0 Å². The number of allylic oxidation sites excluding steroid dienone is 5. The van der Waals surface area contributed by atoms with Crippen LogP contribution in [0.25, 0.3) is 6.08 Å². The lowest BCUT2D eigenvalue weighted by Crippen LogP contribution is -2.33. The number of benzene rings is 2. The summed E-state index contributed by atoms with van der Waals surface area (Å²) in [6, 6.07) is 17.3. The molecule has 0 fully saturated rings. The van der Waals surface area contributed by atoms with E-state index in [0.29, 0.717) is 11.8 Å². The van der Waals surface area contributed by atoms with Crippen molar-refractivity contribution in [1.29, 1.82) is 0 Å². The van der Waals surface area contributed by atoms with Crippen LogP contribution in [0.3, 0.4) is 0 Å². The molecule has 0 aliphatic heterocycles. The summed E-state index contributed by atoms with van der Waals surface area (Å²) in [6.45, 7) is 2.43. The van der Waals surface area contributed by atoms with Crippen LogP contribution in [-0.4, -0.2) is 7.11 Å². The topological polar surface area (TPSA) is 9.23 Å². The summed E-state index contributed by atoms with van der Waals surface area (Å²) in [5, 5.41) is 0. The van der Waals surface area contributed by atoms with Crippen molar-refractivity contribution in [2.45, 2.75) is 19.3 Å². The molecule has 0 saturated carbocycles. The number of rotatable bonds is 5. The van der Waals surface area contributed by atoms with Gasteiger partial charge in [-0.05, 0) is 40.7 Å². The molecule has 0 radical (unpaired) electrons. The predicted octanol–water partition coefficient (Wildman–Crippen LogP) is 5.80. The lowest BCUT2D eigenvalue weighted by molar-refractivity contribution is 0.235. The predicted molar refractivity (Wildman–Crippen MR) is 105 cm³/mol. The molecule has 2 aliphatic carbocycles. The second kappa shape index (κ2) is 6.40. The molecule has 0 saturated heterocycles. The Morgan fingerprint density at radius 1 is 0.920 bits per heavy atom. The zero-order valence-electron chi connectivity index (χ0n) is 14.9. The van der Waals surface area contributed by atoms with Gasteiger partial charge in [0.25, 0.3) is 0 Å². The molecule has 2 aliphatic rings. The average Bonchev–Trinajstić information content (AvgIpc) is 3.32. The zero-order valence-corrected chi connectivity index (χ0v) is 14.9. The minimum Gasteiger partial charge on any atom is -0.497 e. The van der Waals surface area contributed by atoms with Crippen LogP contribution in [0, 0.1) is 11.3 Å². The molecule has 0 heterocycles. The molecule has 4 rings (SSSR count). The fourth-order valence-electron chi connectivity index (χ4n) is 4.31. The van der Waals surface area contributed by atoms with E-state index in [1.54, 1.807) is 7.11 Å². The van der Waals surface area contributed by atoms with Gasteiger partial charge in [-0.2, -0.15) is 0 Å². The molecule has 0 spiro atoms. The Morgan fingerprint density at radius 2 is 1.64 bits per heavy atom. The Bertz CT molecular complexity index is 829. The van der Waals surface area contributed by atoms with Gasteiger partial charge in [0.05, 0.1) is 7.11 Å². The molecule has 1 nitrogen and oxygen atoms in total. The van der Waals surface area contributed by atoms with Gasteiger partial charge < -0.3 is 4.74 Å². The molecule has 0 bridgehead atoms. The van der Waals surface area contributed by atoms with E-state index in [1.165, 1.54) is 16.7 Å². The highest BCUT2D eigenvalue weighted by Crippen LogP contribution is 2.51. The van der Waals surface area contributed by atoms with Gasteiger partial charge in [0.1, 0.15) is 5.75 Å². The molecule has 2 aromatic rings. The van der Waals surface area contributed by atoms with Crippen molar-refractivity contribution in [1.82, 2.24) is 0 Å². The first-order valence-electron chi connectivity index (χ1n) is 8.96. The number of fused-ring (bicyclic) bond motifs is 1. The van der Waals surface area contributed by atoms with Crippen molar-refractivity contribution in [2.75, 3.05) is 7.11 Å². The Balaban J connectivity index is 1.71. The summed E-state index contributed by atoms with van der Waals surface area (Å²) in [6.07, 6.45) is 14.8. The lowest BCUT2D eigenvalue weighted by atomic mass is 9.63. The van der Waals surface area contributed by atoms with Crippen molar-refractivity contribution in [3.05, 3.63) is 95.6 Å². The van der Waals surface area contributed by atoms with Crippen molar-refractivity contribution < 1.29 is 4.74 Å². The van der Waals surface area contributed by atoms with Gasteiger partial charge in [0, 0.05) is 11.8 Å². The average molecular weight is 328 g/mol. The monoisotopic (exact) mass is 328 g/mol. The number of hydrogen-bond donors (Lipinski definition) is 0. The summed E-state index contributed by atoms with van der Waals surface area (Å²) in [4.78, 5) is 0. The van der Waals surface area contributed by atoms with Crippen LogP contribution in [0.15, 0.2) is 78.9 Å². The number of hydrogen-bond acceptors (Lipinski definition) is 1. The van der Waals surface area contributed by atoms with E-state index in [-0.39, 0.29) is 5.41 Å². The van der Waals surface area contributed by atoms with Gasteiger partial charge in [0.15, 0.2) is 0 Å². The van der Waals surface area contributed by atoms with Crippen LogP contribution in [0.5, 0.6) is 5.75 Å². The van der Waals surface area contributed by atoms with Crippen molar-refractivity contribution >= 4 is 6.08 Å². The molecule has 25 heavy (non-hydrogen) atoms. The van der Waals surface area contributed by atoms with E-state index in [0.717, 1.165) is 12.2 Å². The first-order chi connectivity index (χ1) is 12.2. The molecule has 2 unspecified atom stereocenters. The van der Waals surface area contributed by atoms with Gasteiger partial charge in [-0.1, -0.05) is 79.8 Å². The van der Waals surface area contributed by atoms with Gasteiger partial charge in [0.2, 0.25) is 0 Å². The summed E-state index contributed by atoms with van der Waals surface area (Å²) < 4.78 is 5.31. The summed E-state index contributed by atoms with van der Waals surface area (Å²) >= 11 is 0. The molecule has 0 amide bonds. The third-order valence-corrected chi connectivity index (χ3v) is 5.76. The largest absolute Gasteiger partial charge is 0.497 e. The maximum Gasteiger partial charge on any atom is 0.118 e. The second-order valence-electron chi connectivity index (χ2n) is 7.29. The van der Waals surface area contributed by atoms with Crippen LogP contribution < -0.4 is 4.74 Å². The van der Waals surface area contributed by atoms with Crippen molar-refractivity contribution in [3.8, 4) is 5.75 Å². The maximum absolute atomic E-state index is 5.31. The van der Waals surface area contributed by atoms with E-state index < -0.39 is 0 Å². The Hall–Kier alpha value is -2.54. The quantitative estimate of drug-likeness (QED) is 0.674. The van der Waals surface area contributed by atoms with Crippen molar-refractivity contribution in [2.24, 2.45) is 11.3 Å². The molecule has 1 heteroatoms. The third-order valence-electron chi connectivity index (χ3n) is 5.76. The van der Waals surface area contributed by atoms with E-state index in [9.17, 15) is 0 Å². The summed E-state index contributed by atoms with van der Waals surface area (Å²) in [5.74, 6) is 1.77. The fourth-order valence-corrected chi connectivity index (χ4v) is 4.31. The highest BCUT2D eigenvalue weighted by atomic mass is 16.5. The minimum atomic E-state index is 0.0984. The normalized spacial score (nSPS) is 20.6. The standard InChI is InChI=1S/C24H24O/c1-24(20-8-4-5-9-20,17-18-11-14-21(25-2)15-12-18)23-16-13-19-7-3-6-10-22(19)23/h3-16,20,23H,17H2,1-2H3. The maximum atomic E-state index is 5.31. The number of methoxy groups -OCH3 is 1. The molecule has 2 atom stereocenters. The van der Waals surface area contributed by atoms with E-state index in [4.69, 9.17) is 4.74 Å². The summed E-state index contributed by atoms with van der Waals surface area (Å²) in [7, 11) is 1.72. The summed E-state index contributed by atoms with van der Waals surface area (Å²) in [5.41, 5.74) is 4.27. The third kappa shape index (κ3) is 2.84. The van der Waals surface area contributed by atoms with E-state index >= 15 is 0 Å². The van der Waals surface area contributed by atoms with E-state index in [2.05, 4.69) is 91.9 Å². The SMILES string of the molecule is COc1ccc(CC(C)(C2C=CC=C2)C2C=Cc3ccccc32)cc1. The fraction of sp³-hybridized carbons (Fsp3) is 0.250. The van der Waals surface area contributed by atoms with Gasteiger partial charge >= 0.3 is 0 Å². The minimum absolute atomic E-state index is 0.0984. The van der Waals surface area contributed by atoms with Gasteiger partial charge in [-0.25, -0.2) is 0 Å². The van der Waals surface area contributed by atoms with Crippen LogP contribution in [-0.2, 0) is 6.42 Å². The molecular weight excluding hydrogens is 304 g/mol. The first kappa shape index (κ1) is 16.0. The van der Waals surface area contributed by atoms with Crippen LogP contribution in [0.1, 0.15) is 29.5 Å². The number of ether oxygens (including phenoxy) is 1. The molecule has 2 aromatic carbocycles. The molecule has 0 aromatic heterocycles. The highest BCUT2D eigenvalue weighted by Gasteiger charge is 2.41. The highest BCUT2D eigenvalue weighted by molar-refractivity contribution is 5.63. The Morgan fingerprint density at radius 3 is 2.36 bits per heavy atom. The van der Waals surface area contributed by atoms with Crippen molar-refractivity contribution in [3.63, 3.8) is 0 Å². The van der Waals surface area contributed by atoms with Crippen LogP contribution in [0.2, 0.25) is 0 Å². The molecule has 126 valence electrons. The first-order valence-corrected chi connectivity index (χ1v) is 8.96. The Kier molecular flexibility index (Phi) is 4.09.